The minimum Gasteiger partial charge on any atom is -0.382 e. The van der Waals surface area contributed by atoms with Crippen molar-refractivity contribution in [2.24, 2.45) is 12.5 Å². The molecule has 7 heteroatoms. The third kappa shape index (κ3) is 3.71. The summed E-state index contributed by atoms with van der Waals surface area (Å²) in [6.07, 6.45) is 5.13. The summed E-state index contributed by atoms with van der Waals surface area (Å²) in [6.45, 7) is 6.37. The third-order valence-electron chi connectivity index (χ3n) is 6.18. The van der Waals surface area contributed by atoms with Crippen LogP contribution in [0.2, 0.25) is 0 Å². The highest BCUT2D eigenvalue weighted by atomic mass is 32.2. The summed E-state index contributed by atoms with van der Waals surface area (Å²) in [5, 5.41) is 1.00. The van der Waals surface area contributed by atoms with Crippen LogP contribution in [0.25, 0.3) is 10.9 Å². The standard InChI is InChI=1S/C22H27N5OS/c1-4-22(2)10-13-27(14-11-22)21-25-19(23)18(20(28)26(21)3)29-17-9-5-8-16-15(17)7-6-12-24-16/h5-9,12H,4,10-11,13-14,23H2,1-3H3. The zero-order valence-corrected chi connectivity index (χ0v) is 18.0. The van der Waals surface area contributed by atoms with E-state index in [0.29, 0.717) is 16.3 Å². The summed E-state index contributed by atoms with van der Waals surface area (Å²) in [4.78, 5) is 25.8. The molecule has 0 radical (unpaired) electrons. The van der Waals surface area contributed by atoms with E-state index in [1.807, 2.05) is 30.3 Å². The van der Waals surface area contributed by atoms with Gasteiger partial charge >= 0.3 is 0 Å². The summed E-state index contributed by atoms with van der Waals surface area (Å²) in [6, 6.07) is 9.79. The molecule has 4 rings (SSSR count). The van der Waals surface area contributed by atoms with Crippen molar-refractivity contribution >= 4 is 34.4 Å². The van der Waals surface area contributed by atoms with Crippen molar-refractivity contribution in [2.75, 3.05) is 23.7 Å². The van der Waals surface area contributed by atoms with E-state index in [1.165, 1.54) is 18.2 Å². The quantitative estimate of drug-likeness (QED) is 0.700. The first-order valence-electron chi connectivity index (χ1n) is 10.0. The van der Waals surface area contributed by atoms with Crippen LogP contribution in [0, 0.1) is 5.41 Å². The molecule has 3 heterocycles. The lowest BCUT2D eigenvalue weighted by Gasteiger charge is -2.39. The number of nitrogen functional groups attached to an aromatic ring is 1. The van der Waals surface area contributed by atoms with Crippen LogP contribution in [0.5, 0.6) is 0 Å². The van der Waals surface area contributed by atoms with E-state index < -0.39 is 0 Å². The summed E-state index contributed by atoms with van der Waals surface area (Å²) in [5.41, 5.74) is 7.44. The zero-order chi connectivity index (χ0) is 20.6. The zero-order valence-electron chi connectivity index (χ0n) is 17.2. The predicted octanol–water partition coefficient (Wildman–Crippen LogP) is 4.08. The lowest BCUT2D eigenvalue weighted by molar-refractivity contribution is 0.236. The molecule has 0 saturated carbocycles. The highest BCUT2D eigenvalue weighted by Gasteiger charge is 2.30. The molecule has 0 unspecified atom stereocenters. The van der Waals surface area contributed by atoms with Crippen LogP contribution >= 0.6 is 11.8 Å². The van der Waals surface area contributed by atoms with Gasteiger partial charge in [-0.05, 0) is 36.5 Å². The molecule has 0 amide bonds. The topological polar surface area (TPSA) is 77.0 Å². The fourth-order valence-corrected chi connectivity index (χ4v) is 4.86. The molecule has 1 saturated heterocycles. The van der Waals surface area contributed by atoms with Crippen molar-refractivity contribution < 1.29 is 0 Å². The fourth-order valence-electron chi connectivity index (χ4n) is 3.84. The van der Waals surface area contributed by atoms with E-state index in [1.54, 1.807) is 17.8 Å². The number of hydrogen-bond acceptors (Lipinski definition) is 6. The second kappa shape index (κ2) is 7.71. The van der Waals surface area contributed by atoms with E-state index in [2.05, 4.69) is 28.7 Å². The van der Waals surface area contributed by atoms with Crippen LogP contribution in [-0.2, 0) is 7.05 Å². The Morgan fingerprint density at radius 1 is 1.21 bits per heavy atom. The van der Waals surface area contributed by atoms with Crippen LogP contribution in [0.3, 0.4) is 0 Å². The van der Waals surface area contributed by atoms with E-state index >= 15 is 0 Å². The monoisotopic (exact) mass is 409 g/mol. The average Bonchev–Trinajstić information content (AvgIpc) is 2.74. The van der Waals surface area contributed by atoms with Gasteiger partial charge in [0.2, 0.25) is 5.95 Å². The number of nitrogens with two attached hydrogens (primary N) is 1. The Hall–Kier alpha value is -2.54. The molecule has 1 fully saturated rings. The van der Waals surface area contributed by atoms with Crippen molar-refractivity contribution in [2.45, 2.75) is 42.9 Å². The molecule has 0 spiro atoms. The SMILES string of the molecule is CCC1(C)CCN(c2nc(N)c(Sc3cccc4ncccc34)c(=O)n2C)CC1. The van der Waals surface area contributed by atoms with E-state index in [4.69, 9.17) is 5.73 Å². The van der Waals surface area contributed by atoms with Crippen LogP contribution in [0.4, 0.5) is 11.8 Å². The molecule has 6 nitrogen and oxygen atoms in total. The van der Waals surface area contributed by atoms with Crippen LogP contribution < -0.4 is 16.2 Å². The lowest BCUT2D eigenvalue weighted by atomic mass is 9.78. The van der Waals surface area contributed by atoms with Gasteiger partial charge in [-0.1, -0.05) is 44.2 Å². The first-order chi connectivity index (χ1) is 13.9. The minimum atomic E-state index is -0.109. The number of anilines is 2. The molecule has 152 valence electrons. The van der Waals surface area contributed by atoms with Gasteiger partial charge in [0.15, 0.2) is 0 Å². The second-order valence-corrected chi connectivity index (χ2v) is 9.12. The number of hydrogen-bond donors (Lipinski definition) is 1. The summed E-state index contributed by atoms with van der Waals surface area (Å²) in [5.74, 6) is 0.951. The molecule has 1 aliphatic rings. The van der Waals surface area contributed by atoms with Gasteiger partial charge in [0.25, 0.3) is 5.56 Å². The molecular formula is C22H27N5OS. The maximum atomic E-state index is 13.2. The normalized spacial score (nSPS) is 16.3. The summed E-state index contributed by atoms with van der Waals surface area (Å²) < 4.78 is 1.64. The van der Waals surface area contributed by atoms with Gasteiger partial charge in [0.05, 0.1) is 5.52 Å². The number of piperidine rings is 1. The fraction of sp³-hybridized carbons (Fsp3) is 0.409. The van der Waals surface area contributed by atoms with Gasteiger partial charge in [0, 0.05) is 36.6 Å². The average molecular weight is 410 g/mol. The first kappa shape index (κ1) is 19.8. The Morgan fingerprint density at radius 3 is 2.69 bits per heavy atom. The maximum absolute atomic E-state index is 13.2. The Balaban J connectivity index is 1.67. The third-order valence-corrected chi connectivity index (χ3v) is 7.34. The number of fused-ring (bicyclic) bond motifs is 1. The smallest absolute Gasteiger partial charge is 0.270 e. The maximum Gasteiger partial charge on any atom is 0.270 e. The van der Waals surface area contributed by atoms with E-state index in [0.717, 1.165) is 41.7 Å². The van der Waals surface area contributed by atoms with Crippen LogP contribution in [-0.4, -0.2) is 27.6 Å². The lowest BCUT2D eigenvalue weighted by Crippen LogP contribution is -2.41. The Labute approximate surface area is 175 Å². The molecule has 0 aliphatic carbocycles. The Bertz CT molecular complexity index is 1100. The summed E-state index contributed by atoms with van der Waals surface area (Å²) >= 11 is 1.36. The summed E-state index contributed by atoms with van der Waals surface area (Å²) in [7, 11) is 1.78. The van der Waals surface area contributed by atoms with Crippen molar-refractivity contribution in [3.05, 3.63) is 46.9 Å². The van der Waals surface area contributed by atoms with Gasteiger partial charge in [-0.15, -0.1) is 0 Å². The van der Waals surface area contributed by atoms with Crippen LogP contribution in [0.1, 0.15) is 33.1 Å². The van der Waals surface area contributed by atoms with Gasteiger partial charge in [-0.3, -0.25) is 14.3 Å². The van der Waals surface area contributed by atoms with Crippen molar-refractivity contribution in [3.63, 3.8) is 0 Å². The van der Waals surface area contributed by atoms with Crippen LogP contribution in [0.15, 0.2) is 51.1 Å². The van der Waals surface area contributed by atoms with E-state index in [9.17, 15) is 4.79 Å². The predicted molar refractivity (Wildman–Crippen MR) is 120 cm³/mol. The molecule has 0 atom stereocenters. The number of rotatable bonds is 4. The highest BCUT2D eigenvalue weighted by Crippen LogP contribution is 2.37. The second-order valence-electron chi connectivity index (χ2n) is 8.07. The van der Waals surface area contributed by atoms with Gasteiger partial charge in [0.1, 0.15) is 10.7 Å². The number of benzene rings is 1. The molecule has 29 heavy (non-hydrogen) atoms. The molecule has 0 bridgehead atoms. The highest BCUT2D eigenvalue weighted by molar-refractivity contribution is 7.99. The molecule has 1 aromatic carbocycles. The van der Waals surface area contributed by atoms with Crippen molar-refractivity contribution in [3.8, 4) is 0 Å². The first-order valence-corrected chi connectivity index (χ1v) is 10.9. The largest absolute Gasteiger partial charge is 0.382 e. The molecule has 2 aromatic heterocycles. The van der Waals surface area contributed by atoms with Gasteiger partial charge in [-0.25, -0.2) is 0 Å². The minimum absolute atomic E-state index is 0.109. The van der Waals surface area contributed by atoms with Crippen molar-refractivity contribution in [1.29, 1.82) is 0 Å². The molecular weight excluding hydrogens is 382 g/mol. The molecule has 3 aromatic rings. The Kier molecular flexibility index (Phi) is 5.25. The number of nitrogens with zero attached hydrogens (tertiary/aromatic N) is 4. The van der Waals surface area contributed by atoms with E-state index in [-0.39, 0.29) is 11.4 Å². The van der Waals surface area contributed by atoms with Gasteiger partial charge < -0.3 is 10.6 Å². The number of aromatic nitrogens is 3. The molecule has 1 aliphatic heterocycles. The van der Waals surface area contributed by atoms with Gasteiger partial charge in [-0.2, -0.15) is 4.98 Å². The van der Waals surface area contributed by atoms with Crippen molar-refractivity contribution in [1.82, 2.24) is 14.5 Å². The molecule has 2 N–H and O–H groups in total. The Morgan fingerprint density at radius 2 is 1.97 bits per heavy atom. The number of pyridine rings is 1.